The molecule has 4 rings (SSSR count). The highest BCUT2D eigenvalue weighted by Crippen LogP contribution is 2.62. The molecule has 3 heteroatoms. The second-order valence-corrected chi connectivity index (χ2v) is 12.3. The molecule has 1 saturated carbocycles. The zero-order chi connectivity index (χ0) is 24.3. The molecule has 0 heterocycles. The number of ketones is 1. The first-order chi connectivity index (χ1) is 16.3. The smallest absolute Gasteiger partial charge is 0.306 e. The van der Waals surface area contributed by atoms with E-state index in [4.69, 9.17) is 4.74 Å². The fourth-order valence-corrected chi connectivity index (χ4v) is 8.05. The zero-order valence-corrected chi connectivity index (χ0v) is 22.3. The van der Waals surface area contributed by atoms with Gasteiger partial charge in [-0.3, -0.25) is 9.59 Å². The van der Waals surface area contributed by atoms with E-state index in [-0.39, 0.29) is 17.5 Å². The van der Waals surface area contributed by atoms with E-state index in [1.807, 2.05) is 0 Å². The number of fused-ring (bicyclic) bond motifs is 4. The molecule has 34 heavy (non-hydrogen) atoms. The maximum Gasteiger partial charge on any atom is 0.306 e. The van der Waals surface area contributed by atoms with Crippen LogP contribution in [-0.2, 0) is 14.3 Å². The van der Waals surface area contributed by atoms with Gasteiger partial charge in [-0.05, 0) is 49.4 Å². The van der Waals surface area contributed by atoms with Crippen LogP contribution in [0.3, 0.4) is 0 Å². The van der Waals surface area contributed by atoms with Crippen molar-refractivity contribution in [2.45, 2.75) is 130 Å². The molecule has 0 N–H and O–H groups in total. The molecule has 0 aliphatic heterocycles. The van der Waals surface area contributed by atoms with E-state index >= 15 is 0 Å². The lowest BCUT2D eigenvalue weighted by Gasteiger charge is -2.54. The van der Waals surface area contributed by atoms with Crippen molar-refractivity contribution >= 4 is 11.8 Å². The van der Waals surface area contributed by atoms with Crippen LogP contribution in [0.25, 0.3) is 0 Å². The second kappa shape index (κ2) is 11.1. The van der Waals surface area contributed by atoms with E-state index < -0.39 is 0 Å². The van der Waals surface area contributed by atoms with E-state index in [0.717, 1.165) is 44.9 Å². The summed E-state index contributed by atoms with van der Waals surface area (Å²) in [5.74, 6) is 2.71. The minimum atomic E-state index is -0.0215. The molecular weight excluding hydrogens is 420 g/mol. The molecule has 1 fully saturated rings. The highest BCUT2D eigenvalue weighted by molar-refractivity contribution is 5.83. The van der Waals surface area contributed by atoms with Gasteiger partial charge in [0.25, 0.3) is 0 Å². The summed E-state index contributed by atoms with van der Waals surface area (Å²) in [6, 6.07) is 0. The fraction of sp³-hybridized carbons (Fsp3) is 0.806. The number of ether oxygens (including phenoxy) is 1. The van der Waals surface area contributed by atoms with Gasteiger partial charge in [-0.15, -0.1) is 0 Å². The quantitative estimate of drug-likeness (QED) is 0.185. The predicted octanol–water partition coefficient (Wildman–Crippen LogP) is 8.13. The van der Waals surface area contributed by atoms with Gasteiger partial charge in [-0.25, -0.2) is 0 Å². The molecule has 0 spiro atoms. The van der Waals surface area contributed by atoms with Crippen molar-refractivity contribution < 1.29 is 14.3 Å². The zero-order valence-electron chi connectivity index (χ0n) is 22.3. The third kappa shape index (κ3) is 5.24. The van der Waals surface area contributed by atoms with Gasteiger partial charge in [-0.1, -0.05) is 95.4 Å². The molecule has 0 aromatic carbocycles. The predicted molar refractivity (Wildman–Crippen MR) is 138 cm³/mol. The Morgan fingerprint density at radius 2 is 1.71 bits per heavy atom. The van der Waals surface area contributed by atoms with Crippen molar-refractivity contribution in [3.63, 3.8) is 0 Å². The molecule has 0 radical (unpaired) electrons. The Morgan fingerprint density at radius 3 is 2.44 bits per heavy atom. The average molecular weight is 469 g/mol. The van der Waals surface area contributed by atoms with Crippen molar-refractivity contribution in [3.05, 3.63) is 22.8 Å². The Hall–Kier alpha value is -1.38. The number of hydrogen-bond acceptors (Lipinski definition) is 3. The van der Waals surface area contributed by atoms with Crippen LogP contribution < -0.4 is 0 Å². The summed E-state index contributed by atoms with van der Waals surface area (Å²) < 4.78 is 6.18. The number of hydrogen-bond donors (Lipinski definition) is 0. The number of Topliss-reactive ketones (excluding diaryl/α,β-unsaturated/α-hetero) is 1. The first-order valence-corrected chi connectivity index (χ1v) is 14.5. The minimum Gasteiger partial charge on any atom is -0.461 e. The molecule has 0 saturated heterocycles. The highest BCUT2D eigenvalue weighted by atomic mass is 16.5. The Morgan fingerprint density at radius 1 is 1.00 bits per heavy atom. The fourth-order valence-electron chi connectivity index (χ4n) is 8.05. The maximum atomic E-state index is 12.8. The minimum absolute atomic E-state index is 0.00274. The Balaban J connectivity index is 1.33. The summed E-state index contributed by atoms with van der Waals surface area (Å²) in [5.41, 5.74) is 4.63. The van der Waals surface area contributed by atoms with E-state index in [9.17, 15) is 9.59 Å². The molecule has 4 aliphatic carbocycles. The molecule has 2 unspecified atom stereocenters. The SMILES string of the molecule is CCCCCCCCCCC(=O)O[C@H]1CC=C2C3C(C4=C(CC(=O)CC4)C[C@H]3C)[C@@H](C)C[C@@]21C. The highest BCUT2D eigenvalue weighted by Gasteiger charge is 2.56. The number of esters is 1. The average Bonchev–Trinajstić information content (AvgIpc) is 3.10. The van der Waals surface area contributed by atoms with Gasteiger partial charge < -0.3 is 4.74 Å². The molecule has 0 aromatic heterocycles. The van der Waals surface area contributed by atoms with Gasteiger partial charge in [0.05, 0.1) is 0 Å². The second-order valence-electron chi connectivity index (χ2n) is 12.3. The van der Waals surface area contributed by atoms with Gasteiger partial charge >= 0.3 is 5.97 Å². The number of carbonyl (C=O) groups excluding carboxylic acids is 2. The molecule has 0 amide bonds. The summed E-state index contributed by atoms with van der Waals surface area (Å²) in [6.07, 6.45) is 18.4. The van der Waals surface area contributed by atoms with Crippen LogP contribution in [0.4, 0.5) is 0 Å². The monoisotopic (exact) mass is 468 g/mol. The summed E-state index contributed by atoms with van der Waals surface area (Å²) >= 11 is 0. The number of rotatable bonds is 10. The Kier molecular flexibility index (Phi) is 8.41. The van der Waals surface area contributed by atoms with Crippen molar-refractivity contribution in [1.29, 1.82) is 0 Å². The van der Waals surface area contributed by atoms with Crippen molar-refractivity contribution in [2.24, 2.45) is 29.1 Å². The number of carbonyl (C=O) groups is 2. The first kappa shape index (κ1) is 25.7. The molecule has 3 nitrogen and oxygen atoms in total. The third-order valence-corrected chi connectivity index (χ3v) is 9.66. The van der Waals surface area contributed by atoms with Gasteiger partial charge in [0.15, 0.2) is 0 Å². The van der Waals surface area contributed by atoms with E-state index in [0.29, 0.717) is 42.3 Å². The molecule has 0 bridgehead atoms. The number of unbranched alkanes of at least 4 members (excludes halogenated alkanes) is 7. The molecule has 0 aromatic rings. The van der Waals surface area contributed by atoms with Crippen LogP contribution in [0.5, 0.6) is 0 Å². The van der Waals surface area contributed by atoms with E-state index in [1.54, 1.807) is 11.1 Å². The van der Waals surface area contributed by atoms with Crippen molar-refractivity contribution in [1.82, 2.24) is 0 Å². The van der Waals surface area contributed by atoms with Crippen LogP contribution >= 0.6 is 0 Å². The molecule has 190 valence electrons. The van der Waals surface area contributed by atoms with Crippen molar-refractivity contribution in [3.8, 4) is 0 Å². The molecule has 6 atom stereocenters. The van der Waals surface area contributed by atoms with Crippen LogP contribution in [0.1, 0.15) is 124 Å². The van der Waals surface area contributed by atoms with Gasteiger partial charge in [0.1, 0.15) is 11.9 Å². The molecular formula is C31H48O3. The van der Waals surface area contributed by atoms with Crippen molar-refractivity contribution in [2.75, 3.05) is 0 Å². The van der Waals surface area contributed by atoms with Crippen LogP contribution in [0, 0.1) is 29.1 Å². The van der Waals surface area contributed by atoms with Crippen LogP contribution in [0.2, 0.25) is 0 Å². The standard InChI is InChI=1S/C31H48O3/c1-5-6-7-8-9-10-11-12-13-28(33)34-27-17-16-26-30-21(2)18-23-19-24(32)14-15-25(23)29(30)22(3)20-31(26,27)4/h16,21-22,27,29-30H,5-15,17-20H2,1-4H3/t21-,22+,27+,29?,30?,31+/m1/s1. The Labute approximate surface area is 208 Å². The topological polar surface area (TPSA) is 43.4 Å². The number of allylic oxidation sites excluding steroid dienone is 2. The Bertz CT molecular complexity index is 821. The maximum absolute atomic E-state index is 12.8. The normalized spacial score (nSPS) is 34.9. The summed E-state index contributed by atoms with van der Waals surface area (Å²) in [6.45, 7) is 9.43. The lowest BCUT2D eigenvalue weighted by Crippen LogP contribution is -2.48. The third-order valence-electron chi connectivity index (χ3n) is 9.66. The van der Waals surface area contributed by atoms with Gasteiger partial charge in [0, 0.05) is 31.1 Å². The first-order valence-electron chi connectivity index (χ1n) is 14.5. The lowest BCUT2D eigenvalue weighted by molar-refractivity contribution is -0.155. The van der Waals surface area contributed by atoms with Crippen LogP contribution in [-0.4, -0.2) is 17.9 Å². The summed E-state index contributed by atoms with van der Waals surface area (Å²) in [4.78, 5) is 24.9. The van der Waals surface area contributed by atoms with Gasteiger partial charge in [0.2, 0.25) is 0 Å². The molecule has 4 aliphatic rings. The summed E-state index contributed by atoms with van der Waals surface area (Å²) in [5, 5.41) is 0. The van der Waals surface area contributed by atoms with Crippen LogP contribution in [0.15, 0.2) is 22.8 Å². The largest absolute Gasteiger partial charge is 0.461 e. The van der Waals surface area contributed by atoms with E-state index in [1.165, 1.54) is 44.1 Å². The summed E-state index contributed by atoms with van der Waals surface area (Å²) in [7, 11) is 0. The lowest BCUT2D eigenvalue weighted by atomic mass is 9.51. The van der Waals surface area contributed by atoms with E-state index in [2.05, 4.69) is 33.8 Å². The van der Waals surface area contributed by atoms with Gasteiger partial charge in [-0.2, -0.15) is 0 Å².